The third kappa shape index (κ3) is 3.15. The first-order valence-electron chi connectivity index (χ1n) is 5.91. The molecular weight excluding hydrogens is 216 g/mol. The highest BCUT2D eigenvalue weighted by molar-refractivity contribution is 5.44. The van der Waals surface area contributed by atoms with E-state index in [1.165, 1.54) is 0 Å². The lowest BCUT2D eigenvalue weighted by Gasteiger charge is -2.33. The van der Waals surface area contributed by atoms with E-state index in [0.29, 0.717) is 6.42 Å². The maximum absolute atomic E-state index is 6.18. The maximum atomic E-state index is 6.18. The van der Waals surface area contributed by atoms with Gasteiger partial charge in [-0.05, 0) is 25.1 Å². The number of nitrogen functional groups attached to an aromatic ring is 1. The molecule has 0 aliphatic carbocycles. The van der Waals surface area contributed by atoms with E-state index >= 15 is 0 Å². The van der Waals surface area contributed by atoms with Crippen LogP contribution in [0.15, 0.2) is 18.5 Å². The van der Waals surface area contributed by atoms with Crippen molar-refractivity contribution in [3.8, 4) is 0 Å². The summed E-state index contributed by atoms with van der Waals surface area (Å²) in [5, 5.41) is 0. The highest BCUT2D eigenvalue weighted by Crippen LogP contribution is 2.14. The second-order valence-electron chi connectivity index (χ2n) is 4.61. The minimum Gasteiger partial charge on any atom is -0.398 e. The Labute approximate surface area is 102 Å². The summed E-state index contributed by atoms with van der Waals surface area (Å²) in [5.74, 6) is 0. The van der Waals surface area contributed by atoms with Crippen LogP contribution in [0.1, 0.15) is 5.56 Å². The zero-order valence-electron chi connectivity index (χ0n) is 10.2. The molecule has 5 heteroatoms. The molecule has 1 aliphatic rings. The first-order chi connectivity index (χ1) is 8.16. The smallest absolute Gasteiger partial charge is 0.0856 e. The average Bonchev–Trinajstić information content (AvgIpc) is 2.32. The lowest BCUT2D eigenvalue weighted by Crippen LogP contribution is -2.50. The van der Waals surface area contributed by atoms with Gasteiger partial charge in [-0.2, -0.15) is 0 Å². The third-order valence-corrected chi connectivity index (χ3v) is 3.17. The molecule has 1 aromatic heterocycles. The highest BCUT2D eigenvalue weighted by Gasteiger charge is 2.24. The van der Waals surface area contributed by atoms with Crippen molar-refractivity contribution in [3.63, 3.8) is 0 Å². The van der Waals surface area contributed by atoms with Gasteiger partial charge in [0, 0.05) is 37.2 Å². The number of hydrogen-bond donors (Lipinski definition) is 2. The Bertz CT molecular complexity index is 371. The summed E-state index contributed by atoms with van der Waals surface area (Å²) in [6.45, 7) is 2.59. The lowest BCUT2D eigenvalue weighted by atomic mass is 10.0. The summed E-state index contributed by atoms with van der Waals surface area (Å²) in [4.78, 5) is 6.31. The van der Waals surface area contributed by atoms with Gasteiger partial charge in [0.25, 0.3) is 0 Å². The molecule has 0 radical (unpaired) electrons. The van der Waals surface area contributed by atoms with E-state index in [1.807, 2.05) is 0 Å². The minimum atomic E-state index is -0.0377. The Morgan fingerprint density at radius 2 is 2.47 bits per heavy atom. The first-order valence-corrected chi connectivity index (χ1v) is 5.91. The van der Waals surface area contributed by atoms with Gasteiger partial charge in [0.05, 0.1) is 12.7 Å². The van der Waals surface area contributed by atoms with Crippen LogP contribution in [0.25, 0.3) is 0 Å². The molecule has 5 nitrogen and oxygen atoms in total. The van der Waals surface area contributed by atoms with E-state index < -0.39 is 0 Å². The van der Waals surface area contributed by atoms with Gasteiger partial charge in [0.1, 0.15) is 0 Å². The van der Waals surface area contributed by atoms with Crippen molar-refractivity contribution in [2.24, 2.45) is 5.73 Å². The molecule has 0 saturated carbocycles. The van der Waals surface area contributed by atoms with Crippen molar-refractivity contribution in [3.05, 3.63) is 24.0 Å². The Morgan fingerprint density at radius 1 is 1.65 bits per heavy atom. The van der Waals surface area contributed by atoms with Crippen LogP contribution in [-0.4, -0.2) is 48.8 Å². The second kappa shape index (κ2) is 5.44. The van der Waals surface area contributed by atoms with Gasteiger partial charge in [-0.15, -0.1) is 0 Å². The van der Waals surface area contributed by atoms with Crippen LogP contribution in [0.5, 0.6) is 0 Å². The van der Waals surface area contributed by atoms with Crippen molar-refractivity contribution >= 4 is 5.69 Å². The zero-order chi connectivity index (χ0) is 12.3. The SMILES string of the molecule is CN1CCOC(C(N)Cc2cnccc2N)C1. The topological polar surface area (TPSA) is 77.4 Å². The molecule has 2 unspecified atom stereocenters. The average molecular weight is 236 g/mol. The van der Waals surface area contributed by atoms with Gasteiger partial charge in [0.2, 0.25) is 0 Å². The van der Waals surface area contributed by atoms with Crippen molar-refractivity contribution in [1.29, 1.82) is 0 Å². The number of pyridine rings is 1. The molecule has 0 bridgehead atoms. The van der Waals surface area contributed by atoms with Crippen molar-refractivity contribution in [2.45, 2.75) is 18.6 Å². The number of aromatic nitrogens is 1. The predicted molar refractivity (Wildman–Crippen MR) is 67.6 cm³/mol. The molecule has 0 spiro atoms. The van der Waals surface area contributed by atoms with Gasteiger partial charge in [-0.3, -0.25) is 4.98 Å². The summed E-state index contributed by atoms with van der Waals surface area (Å²) in [5.41, 5.74) is 13.8. The van der Waals surface area contributed by atoms with Crippen LogP contribution in [0.3, 0.4) is 0 Å². The molecule has 94 valence electrons. The van der Waals surface area contributed by atoms with Crippen LogP contribution in [0, 0.1) is 0 Å². The number of hydrogen-bond acceptors (Lipinski definition) is 5. The molecule has 2 atom stereocenters. The van der Waals surface area contributed by atoms with Crippen molar-refractivity contribution in [2.75, 3.05) is 32.5 Å². The number of anilines is 1. The van der Waals surface area contributed by atoms with Gasteiger partial charge in [-0.1, -0.05) is 0 Å². The monoisotopic (exact) mass is 236 g/mol. The van der Waals surface area contributed by atoms with Crippen LogP contribution in [0.4, 0.5) is 5.69 Å². The molecule has 17 heavy (non-hydrogen) atoms. The second-order valence-corrected chi connectivity index (χ2v) is 4.61. The molecule has 2 rings (SSSR count). The molecule has 1 saturated heterocycles. The first kappa shape index (κ1) is 12.3. The minimum absolute atomic E-state index is 0.0377. The molecular formula is C12H20N4O. The van der Waals surface area contributed by atoms with Crippen LogP contribution < -0.4 is 11.5 Å². The van der Waals surface area contributed by atoms with Crippen LogP contribution >= 0.6 is 0 Å². The fourth-order valence-corrected chi connectivity index (χ4v) is 2.06. The molecule has 0 aromatic carbocycles. The number of likely N-dealkylation sites (N-methyl/N-ethyl adjacent to an activating group) is 1. The summed E-state index contributed by atoms with van der Waals surface area (Å²) in [7, 11) is 2.08. The normalized spacial score (nSPS) is 23.5. The number of nitrogens with zero attached hydrogens (tertiary/aromatic N) is 2. The van der Waals surface area contributed by atoms with E-state index in [2.05, 4.69) is 16.9 Å². The van der Waals surface area contributed by atoms with Gasteiger partial charge in [0.15, 0.2) is 0 Å². The van der Waals surface area contributed by atoms with E-state index in [4.69, 9.17) is 16.2 Å². The fourth-order valence-electron chi connectivity index (χ4n) is 2.06. The summed E-state index contributed by atoms with van der Waals surface area (Å²) >= 11 is 0. The number of morpholine rings is 1. The van der Waals surface area contributed by atoms with Crippen LogP contribution in [-0.2, 0) is 11.2 Å². The maximum Gasteiger partial charge on any atom is 0.0856 e. The summed E-state index contributed by atoms with van der Waals surface area (Å²) in [6.07, 6.45) is 4.25. The zero-order valence-corrected chi connectivity index (χ0v) is 10.2. The Kier molecular flexibility index (Phi) is 3.93. The van der Waals surface area contributed by atoms with Gasteiger partial charge >= 0.3 is 0 Å². The van der Waals surface area contributed by atoms with E-state index in [9.17, 15) is 0 Å². The van der Waals surface area contributed by atoms with Gasteiger partial charge < -0.3 is 21.1 Å². The summed E-state index contributed by atoms with van der Waals surface area (Å²) in [6, 6.07) is 1.76. The number of nitrogens with two attached hydrogens (primary N) is 2. The van der Waals surface area contributed by atoms with E-state index in [1.54, 1.807) is 18.5 Å². The highest BCUT2D eigenvalue weighted by atomic mass is 16.5. The van der Waals surface area contributed by atoms with Crippen LogP contribution in [0.2, 0.25) is 0 Å². The molecule has 4 N–H and O–H groups in total. The lowest BCUT2D eigenvalue weighted by molar-refractivity contribution is -0.0319. The Balaban J connectivity index is 1.96. The van der Waals surface area contributed by atoms with E-state index in [0.717, 1.165) is 30.9 Å². The van der Waals surface area contributed by atoms with Crippen molar-refractivity contribution < 1.29 is 4.74 Å². The molecule has 2 heterocycles. The Morgan fingerprint density at radius 3 is 3.18 bits per heavy atom. The van der Waals surface area contributed by atoms with E-state index in [-0.39, 0.29) is 12.1 Å². The predicted octanol–water partition coefficient (Wildman–Crippen LogP) is -0.136. The fraction of sp³-hybridized carbons (Fsp3) is 0.583. The largest absolute Gasteiger partial charge is 0.398 e. The molecule has 1 aliphatic heterocycles. The molecule has 0 amide bonds. The Hall–Kier alpha value is -1.17. The quantitative estimate of drug-likeness (QED) is 0.764. The van der Waals surface area contributed by atoms with Crippen molar-refractivity contribution in [1.82, 2.24) is 9.88 Å². The third-order valence-electron chi connectivity index (χ3n) is 3.17. The summed E-state index contributed by atoms with van der Waals surface area (Å²) < 4.78 is 5.69. The molecule has 1 aromatic rings. The standard InChI is InChI=1S/C12H20N4O/c1-16-4-5-17-12(8-16)11(14)6-9-7-15-3-2-10(9)13/h2-3,7,11-12H,4-6,8,14H2,1H3,(H2,13,15). The molecule has 1 fully saturated rings. The number of rotatable bonds is 3. The van der Waals surface area contributed by atoms with Gasteiger partial charge in [-0.25, -0.2) is 0 Å². The number of ether oxygens (including phenoxy) is 1.